The molecule has 1 amide bonds. The summed E-state index contributed by atoms with van der Waals surface area (Å²) >= 11 is 1.70. The maximum atomic E-state index is 12.3. The lowest BCUT2D eigenvalue weighted by Crippen LogP contribution is -2.22. The minimum absolute atomic E-state index is 0.165. The third kappa shape index (κ3) is 2.94. The van der Waals surface area contributed by atoms with Gasteiger partial charge in [-0.25, -0.2) is 0 Å². The normalized spacial score (nSPS) is 10.8. The molecule has 0 atom stereocenters. The first-order valence-electron chi connectivity index (χ1n) is 7.54. The van der Waals surface area contributed by atoms with Crippen molar-refractivity contribution in [2.24, 2.45) is 0 Å². The molecule has 3 aromatic heterocycles. The molecule has 4 nitrogen and oxygen atoms in total. The lowest BCUT2D eigenvalue weighted by atomic mass is 10.1. The molecule has 4 rings (SSSR count). The topological polar surface area (TPSA) is 55.1 Å². The molecule has 0 aliphatic heterocycles. The van der Waals surface area contributed by atoms with Crippen molar-refractivity contribution in [1.29, 1.82) is 0 Å². The van der Waals surface area contributed by atoms with Gasteiger partial charge in [0.15, 0.2) is 0 Å². The third-order valence-corrected chi connectivity index (χ3v) is 4.88. The van der Waals surface area contributed by atoms with Gasteiger partial charge in [0.2, 0.25) is 0 Å². The summed E-state index contributed by atoms with van der Waals surface area (Å²) in [5.41, 5.74) is 1.48. The number of hydrogen-bond acceptors (Lipinski definition) is 4. The number of nitrogens with zero attached hydrogens (tertiary/aromatic N) is 1. The Morgan fingerprint density at radius 1 is 1.12 bits per heavy atom. The van der Waals surface area contributed by atoms with Crippen LogP contribution in [-0.4, -0.2) is 10.9 Å². The highest BCUT2D eigenvalue weighted by Crippen LogP contribution is 2.33. The number of thiophene rings is 1. The van der Waals surface area contributed by atoms with Gasteiger partial charge in [-0.2, -0.15) is 0 Å². The van der Waals surface area contributed by atoms with Crippen molar-refractivity contribution in [2.45, 2.75) is 6.54 Å². The summed E-state index contributed by atoms with van der Waals surface area (Å²) in [5, 5.41) is 4.04. The summed E-state index contributed by atoms with van der Waals surface area (Å²) in [6.07, 6.45) is 4.95. The number of benzene rings is 1. The molecule has 0 saturated carbocycles. The number of hydrogen-bond donors (Lipinski definition) is 1. The highest BCUT2D eigenvalue weighted by molar-refractivity contribution is 7.22. The van der Waals surface area contributed by atoms with Crippen LogP contribution in [0.4, 0.5) is 0 Å². The fourth-order valence-electron chi connectivity index (χ4n) is 2.51. The monoisotopic (exact) mass is 334 g/mol. The molecule has 0 radical (unpaired) electrons. The fraction of sp³-hybridized carbons (Fsp3) is 0.0526. The van der Waals surface area contributed by atoms with Gasteiger partial charge in [0.1, 0.15) is 5.76 Å². The van der Waals surface area contributed by atoms with Crippen LogP contribution in [0.25, 0.3) is 20.5 Å². The van der Waals surface area contributed by atoms with E-state index in [4.69, 9.17) is 4.42 Å². The standard InChI is InChI=1S/C19H14N2O2S/c22-19(21-12-16-5-3-7-23-16)15-8-14(10-20-11-15)18-9-13-4-1-2-6-17(13)24-18/h1-11H,12H2,(H,21,22). The molecule has 0 saturated heterocycles. The molecule has 0 fully saturated rings. The van der Waals surface area contributed by atoms with Crippen molar-refractivity contribution in [3.63, 3.8) is 0 Å². The van der Waals surface area contributed by atoms with Crippen LogP contribution in [0.1, 0.15) is 16.1 Å². The van der Waals surface area contributed by atoms with Crippen LogP contribution in [0.5, 0.6) is 0 Å². The highest BCUT2D eigenvalue weighted by atomic mass is 32.1. The number of carbonyl (C=O) groups excluding carboxylic acids is 1. The summed E-state index contributed by atoms with van der Waals surface area (Å²) in [6, 6.07) is 15.8. The zero-order valence-corrected chi connectivity index (χ0v) is 13.5. The highest BCUT2D eigenvalue weighted by Gasteiger charge is 2.10. The van der Waals surface area contributed by atoms with Crippen molar-refractivity contribution >= 4 is 27.3 Å². The Morgan fingerprint density at radius 3 is 2.88 bits per heavy atom. The maximum absolute atomic E-state index is 12.3. The second kappa shape index (κ2) is 6.29. The van der Waals surface area contributed by atoms with Crippen molar-refractivity contribution in [3.8, 4) is 10.4 Å². The number of pyridine rings is 1. The molecule has 4 aromatic rings. The molecular formula is C19H14N2O2S. The van der Waals surface area contributed by atoms with Crippen LogP contribution in [0.2, 0.25) is 0 Å². The molecule has 1 N–H and O–H groups in total. The Balaban J connectivity index is 1.57. The molecule has 118 valence electrons. The molecule has 1 aromatic carbocycles. The van der Waals surface area contributed by atoms with Crippen LogP contribution in [0.3, 0.4) is 0 Å². The summed E-state index contributed by atoms with van der Waals surface area (Å²) < 4.78 is 6.44. The van der Waals surface area contributed by atoms with E-state index in [9.17, 15) is 4.79 Å². The van der Waals surface area contributed by atoms with Gasteiger partial charge in [0.05, 0.1) is 18.4 Å². The molecular weight excluding hydrogens is 320 g/mol. The zero-order chi connectivity index (χ0) is 16.4. The van der Waals surface area contributed by atoms with Crippen LogP contribution in [-0.2, 0) is 6.54 Å². The number of nitrogens with one attached hydrogen (secondary N) is 1. The molecule has 24 heavy (non-hydrogen) atoms. The number of amides is 1. The predicted molar refractivity (Wildman–Crippen MR) is 94.9 cm³/mol. The first kappa shape index (κ1) is 14.7. The molecule has 0 unspecified atom stereocenters. The van der Waals surface area contributed by atoms with E-state index in [1.165, 1.54) is 10.1 Å². The predicted octanol–water partition coefficient (Wildman–Crippen LogP) is 4.49. The van der Waals surface area contributed by atoms with Gasteiger partial charge in [0, 0.05) is 27.5 Å². The first-order chi connectivity index (χ1) is 11.8. The van der Waals surface area contributed by atoms with Gasteiger partial charge in [0.25, 0.3) is 5.91 Å². The van der Waals surface area contributed by atoms with E-state index in [0.29, 0.717) is 12.1 Å². The summed E-state index contributed by atoms with van der Waals surface area (Å²) in [6.45, 7) is 0.360. The summed E-state index contributed by atoms with van der Waals surface area (Å²) in [4.78, 5) is 17.6. The molecule has 0 aliphatic rings. The van der Waals surface area contributed by atoms with E-state index in [-0.39, 0.29) is 5.91 Å². The number of aromatic nitrogens is 1. The van der Waals surface area contributed by atoms with E-state index < -0.39 is 0 Å². The van der Waals surface area contributed by atoms with E-state index in [2.05, 4.69) is 28.5 Å². The van der Waals surface area contributed by atoms with Crippen molar-refractivity contribution in [1.82, 2.24) is 10.3 Å². The molecule has 3 heterocycles. The third-order valence-electron chi connectivity index (χ3n) is 3.71. The Hall–Kier alpha value is -2.92. The number of carbonyl (C=O) groups is 1. The van der Waals surface area contributed by atoms with E-state index in [1.54, 1.807) is 36.1 Å². The summed E-state index contributed by atoms with van der Waals surface area (Å²) in [7, 11) is 0. The molecule has 0 aliphatic carbocycles. The number of furan rings is 1. The largest absolute Gasteiger partial charge is 0.467 e. The van der Waals surface area contributed by atoms with Gasteiger partial charge in [-0.1, -0.05) is 18.2 Å². The van der Waals surface area contributed by atoms with Crippen molar-refractivity contribution in [2.75, 3.05) is 0 Å². The summed E-state index contributed by atoms with van der Waals surface area (Å²) in [5.74, 6) is 0.554. The first-order valence-corrected chi connectivity index (χ1v) is 8.36. The Bertz CT molecular complexity index is 956. The number of fused-ring (bicyclic) bond motifs is 1. The molecule has 0 spiro atoms. The van der Waals surface area contributed by atoms with Crippen molar-refractivity contribution < 1.29 is 9.21 Å². The van der Waals surface area contributed by atoms with E-state index in [0.717, 1.165) is 16.2 Å². The quantitative estimate of drug-likeness (QED) is 0.598. The van der Waals surface area contributed by atoms with E-state index in [1.807, 2.05) is 24.3 Å². The van der Waals surface area contributed by atoms with Crippen LogP contribution in [0.15, 0.2) is 71.6 Å². The van der Waals surface area contributed by atoms with Crippen LogP contribution < -0.4 is 5.32 Å². The van der Waals surface area contributed by atoms with E-state index >= 15 is 0 Å². The number of rotatable bonds is 4. The second-order valence-electron chi connectivity index (χ2n) is 5.37. The van der Waals surface area contributed by atoms with Gasteiger partial charge in [-0.3, -0.25) is 9.78 Å². The smallest absolute Gasteiger partial charge is 0.253 e. The molecule has 0 bridgehead atoms. The molecule has 5 heteroatoms. The van der Waals surface area contributed by atoms with Gasteiger partial charge in [-0.15, -0.1) is 11.3 Å². The second-order valence-corrected chi connectivity index (χ2v) is 6.46. The van der Waals surface area contributed by atoms with Crippen molar-refractivity contribution in [3.05, 3.63) is 78.5 Å². The van der Waals surface area contributed by atoms with Gasteiger partial charge >= 0.3 is 0 Å². The minimum Gasteiger partial charge on any atom is -0.467 e. The average molecular weight is 334 g/mol. The Labute approximate surface area is 142 Å². The lowest BCUT2D eigenvalue weighted by Gasteiger charge is -2.04. The van der Waals surface area contributed by atoms with Gasteiger partial charge in [-0.05, 0) is 35.7 Å². The maximum Gasteiger partial charge on any atom is 0.253 e. The van der Waals surface area contributed by atoms with Gasteiger partial charge < -0.3 is 9.73 Å². The fourth-order valence-corrected chi connectivity index (χ4v) is 3.55. The Morgan fingerprint density at radius 2 is 2.04 bits per heavy atom. The van der Waals surface area contributed by atoms with Crippen LogP contribution in [0, 0.1) is 0 Å². The lowest BCUT2D eigenvalue weighted by molar-refractivity contribution is 0.0947. The average Bonchev–Trinajstić information content (AvgIpc) is 3.29. The van der Waals surface area contributed by atoms with Crippen LogP contribution >= 0.6 is 11.3 Å². The SMILES string of the molecule is O=C(NCc1ccco1)c1cncc(-c2cc3ccccc3s2)c1. The minimum atomic E-state index is -0.165. The zero-order valence-electron chi connectivity index (χ0n) is 12.7. The Kier molecular flexibility index (Phi) is 3.84.